The van der Waals surface area contributed by atoms with E-state index in [2.05, 4.69) is 10.5 Å². The monoisotopic (exact) mass is 480 g/mol. The first kappa shape index (κ1) is 24.5. The molecule has 0 heterocycles. The van der Waals surface area contributed by atoms with Gasteiger partial charge >= 0.3 is 0 Å². The van der Waals surface area contributed by atoms with Crippen molar-refractivity contribution in [2.24, 2.45) is 5.10 Å². The Morgan fingerprint density at radius 1 is 0.750 bits per heavy atom. The molecule has 0 radical (unpaired) electrons. The fourth-order valence-electron chi connectivity index (χ4n) is 3.40. The van der Waals surface area contributed by atoms with Crippen molar-refractivity contribution in [3.05, 3.63) is 125 Å². The van der Waals surface area contributed by atoms with Crippen molar-refractivity contribution in [2.45, 2.75) is 20.1 Å². The van der Waals surface area contributed by atoms with Gasteiger partial charge in [0.15, 0.2) is 11.5 Å². The molecule has 0 aliphatic rings. The van der Waals surface area contributed by atoms with Gasteiger partial charge in [-0.25, -0.2) is 5.43 Å². The van der Waals surface area contributed by atoms with Gasteiger partial charge in [-0.15, -0.1) is 0 Å². The van der Waals surface area contributed by atoms with Crippen molar-refractivity contribution in [3.63, 3.8) is 0 Å². The fourth-order valence-corrected chi connectivity index (χ4v) is 3.40. The average molecular weight is 481 g/mol. The van der Waals surface area contributed by atoms with Crippen LogP contribution >= 0.6 is 0 Å². The molecule has 6 heteroatoms. The molecule has 6 nitrogen and oxygen atoms in total. The lowest BCUT2D eigenvalue weighted by atomic mass is 10.2. The lowest BCUT2D eigenvalue weighted by Gasteiger charge is -2.14. The second kappa shape index (κ2) is 12.8. The molecule has 0 saturated heterocycles. The van der Waals surface area contributed by atoms with Gasteiger partial charge in [0.05, 0.1) is 12.8 Å². The van der Waals surface area contributed by atoms with Crippen LogP contribution in [-0.4, -0.2) is 18.7 Å². The van der Waals surface area contributed by atoms with E-state index in [0.29, 0.717) is 36.9 Å². The summed E-state index contributed by atoms with van der Waals surface area (Å²) in [6.45, 7) is 3.35. The van der Waals surface area contributed by atoms with Crippen LogP contribution in [0.1, 0.15) is 34.0 Å². The predicted octanol–water partition coefficient (Wildman–Crippen LogP) is 6.01. The van der Waals surface area contributed by atoms with E-state index in [1.807, 2.05) is 97.9 Å². The number of amides is 1. The van der Waals surface area contributed by atoms with Crippen LogP contribution in [0.3, 0.4) is 0 Å². The fraction of sp³-hybridized carbons (Fsp3) is 0.133. The molecule has 0 spiro atoms. The molecule has 0 atom stereocenters. The highest BCUT2D eigenvalue weighted by molar-refractivity contribution is 5.94. The average Bonchev–Trinajstić information content (AvgIpc) is 2.93. The number of nitrogens with one attached hydrogen (secondary N) is 1. The van der Waals surface area contributed by atoms with E-state index in [-0.39, 0.29) is 5.91 Å². The third-order valence-electron chi connectivity index (χ3n) is 5.25. The van der Waals surface area contributed by atoms with Crippen LogP contribution in [0.4, 0.5) is 0 Å². The summed E-state index contributed by atoms with van der Waals surface area (Å²) in [4.78, 5) is 12.0. The van der Waals surface area contributed by atoms with Gasteiger partial charge in [-0.05, 0) is 72.1 Å². The lowest BCUT2D eigenvalue weighted by Crippen LogP contribution is -2.17. The van der Waals surface area contributed by atoms with Crippen molar-refractivity contribution in [3.8, 4) is 17.2 Å². The molecule has 4 rings (SSSR count). The number of nitrogens with zero attached hydrogens (tertiary/aromatic N) is 1. The topological polar surface area (TPSA) is 69.2 Å². The maximum absolute atomic E-state index is 12.0. The highest BCUT2D eigenvalue weighted by Crippen LogP contribution is 2.30. The molecule has 4 aromatic carbocycles. The quantitative estimate of drug-likeness (QED) is 0.211. The highest BCUT2D eigenvalue weighted by atomic mass is 16.5. The first-order valence-electron chi connectivity index (χ1n) is 11.7. The van der Waals surface area contributed by atoms with Crippen molar-refractivity contribution in [1.82, 2.24) is 5.43 Å². The number of hydrazone groups is 1. The molecule has 182 valence electrons. The van der Waals surface area contributed by atoms with E-state index < -0.39 is 0 Å². The minimum absolute atomic E-state index is 0.255. The Morgan fingerprint density at radius 2 is 1.44 bits per heavy atom. The zero-order chi connectivity index (χ0) is 25.0. The van der Waals surface area contributed by atoms with Crippen LogP contribution in [0.2, 0.25) is 0 Å². The van der Waals surface area contributed by atoms with Crippen molar-refractivity contribution in [2.75, 3.05) is 6.61 Å². The first-order chi connectivity index (χ1) is 17.7. The summed E-state index contributed by atoms with van der Waals surface area (Å²) < 4.78 is 17.7. The number of ether oxygens (including phenoxy) is 3. The lowest BCUT2D eigenvalue weighted by molar-refractivity contribution is 0.0955. The predicted molar refractivity (Wildman–Crippen MR) is 141 cm³/mol. The Hall–Kier alpha value is -4.58. The zero-order valence-electron chi connectivity index (χ0n) is 20.1. The minimum Gasteiger partial charge on any atom is -0.490 e. The molecule has 0 saturated carbocycles. The van der Waals surface area contributed by atoms with Gasteiger partial charge in [-0.2, -0.15) is 5.10 Å². The number of benzene rings is 4. The first-order valence-corrected chi connectivity index (χ1v) is 11.7. The van der Waals surface area contributed by atoms with Gasteiger partial charge in [0.1, 0.15) is 19.0 Å². The van der Waals surface area contributed by atoms with Crippen LogP contribution in [0.5, 0.6) is 17.2 Å². The molecule has 0 aliphatic carbocycles. The Balaban J connectivity index is 1.30. The molecule has 0 aliphatic heterocycles. The van der Waals surface area contributed by atoms with Gasteiger partial charge in [-0.3, -0.25) is 4.79 Å². The summed E-state index contributed by atoms with van der Waals surface area (Å²) in [5, 5.41) is 4.02. The zero-order valence-corrected chi connectivity index (χ0v) is 20.1. The number of carbonyl (C=O) groups is 1. The number of rotatable bonds is 11. The van der Waals surface area contributed by atoms with Crippen LogP contribution in [0.25, 0.3) is 0 Å². The molecule has 36 heavy (non-hydrogen) atoms. The summed E-state index contributed by atoms with van der Waals surface area (Å²) in [6.07, 6.45) is 1.59. The van der Waals surface area contributed by atoms with Crippen molar-refractivity contribution >= 4 is 12.1 Å². The molecule has 4 aromatic rings. The van der Waals surface area contributed by atoms with E-state index in [1.165, 1.54) is 0 Å². The summed E-state index contributed by atoms with van der Waals surface area (Å²) >= 11 is 0. The van der Waals surface area contributed by atoms with Gasteiger partial charge < -0.3 is 14.2 Å². The second-order valence-corrected chi connectivity index (χ2v) is 7.91. The number of hydrogen-bond acceptors (Lipinski definition) is 5. The number of carbonyl (C=O) groups excluding carboxylic acids is 1. The van der Waals surface area contributed by atoms with Crippen molar-refractivity contribution in [1.29, 1.82) is 0 Å². The van der Waals surface area contributed by atoms with Gasteiger partial charge in [0.25, 0.3) is 5.91 Å². The van der Waals surface area contributed by atoms with Gasteiger partial charge in [-0.1, -0.05) is 54.6 Å². The smallest absolute Gasteiger partial charge is 0.271 e. The third-order valence-corrected chi connectivity index (χ3v) is 5.25. The highest BCUT2D eigenvalue weighted by Gasteiger charge is 2.08. The van der Waals surface area contributed by atoms with Crippen LogP contribution in [0.15, 0.2) is 108 Å². The Labute approximate surface area is 211 Å². The van der Waals surface area contributed by atoms with E-state index in [1.54, 1.807) is 18.3 Å². The van der Waals surface area contributed by atoms with Gasteiger partial charge in [0.2, 0.25) is 0 Å². The van der Waals surface area contributed by atoms with Crippen LogP contribution in [-0.2, 0) is 13.2 Å². The molecule has 0 fully saturated rings. The standard InChI is InChI=1S/C30H28N2O4/c1-2-34-29-19-25(15-18-28(29)36-21-24-9-5-3-6-10-24)22-35-27-16-13-23(14-17-27)20-31-32-30(33)26-11-7-4-8-12-26/h3-20H,2,21-22H2,1H3,(H,32,33). The summed E-state index contributed by atoms with van der Waals surface area (Å²) in [7, 11) is 0. The Bertz CT molecular complexity index is 1270. The van der Waals surface area contributed by atoms with E-state index in [4.69, 9.17) is 14.2 Å². The minimum atomic E-state index is -0.255. The molecule has 1 amide bonds. The van der Waals surface area contributed by atoms with E-state index >= 15 is 0 Å². The summed E-state index contributed by atoms with van der Waals surface area (Å²) in [6, 6.07) is 32.3. The molecular weight excluding hydrogens is 452 g/mol. The van der Waals surface area contributed by atoms with Crippen LogP contribution in [0, 0.1) is 0 Å². The van der Waals surface area contributed by atoms with Crippen molar-refractivity contribution < 1.29 is 19.0 Å². The molecular formula is C30H28N2O4. The third kappa shape index (κ3) is 7.21. The molecule has 1 N–H and O–H groups in total. The second-order valence-electron chi connectivity index (χ2n) is 7.91. The van der Waals surface area contributed by atoms with E-state index in [9.17, 15) is 4.79 Å². The molecule has 0 unspecified atom stereocenters. The van der Waals surface area contributed by atoms with E-state index in [0.717, 1.165) is 22.4 Å². The normalized spacial score (nSPS) is 10.7. The van der Waals surface area contributed by atoms with Gasteiger partial charge in [0, 0.05) is 5.56 Å². The maximum atomic E-state index is 12.0. The molecule has 0 aromatic heterocycles. The molecule has 0 bridgehead atoms. The van der Waals surface area contributed by atoms with Crippen LogP contribution < -0.4 is 19.6 Å². The summed E-state index contributed by atoms with van der Waals surface area (Å²) in [5.41, 5.74) is 5.99. The largest absolute Gasteiger partial charge is 0.490 e. The SMILES string of the molecule is CCOc1cc(COc2ccc(C=NNC(=O)c3ccccc3)cc2)ccc1OCc1ccccc1. The Morgan fingerprint density at radius 3 is 2.17 bits per heavy atom. The number of hydrogen-bond donors (Lipinski definition) is 1. The summed E-state index contributed by atoms with van der Waals surface area (Å²) in [5.74, 6) is 1.86. The Kier molecular flexibility index (Phi) is 8.70. The maximum Gasteiger partial charge on any atom is 0.271 e.